The third kappa shape index (κ3) is 6.00. The highest BCUT2D eigenvalue weighted by molar-refractivity contribution is 9.10. The summed E-state index contributed by atoms with van der Waals surface area (Å²) in [5, 5.41) is 13.7. The Labute approximate surface area is 213 Å². The largest absolute Gasteiger partial charge is 0.507 e. The van der Waals surface area contributed by atoms with Gasteiger partial charge < -0.3 is 31.2 Å². The van der Waals surface area contributed by atoms with Crippen LogP contribution in [-0.2, 0) is 11.4 Å². The molecule has 4 rings (SSSR count). The fraction of sp³-hybridized carbons (Fsp3) is 0.261. The van der Waals surface area contributed by atoms with E-state index in [2.05, 4.69) is 53.0 Å². The number of halogens is 2. The summed E-state index contributed by atoms with van der Waals surface area (Å²) in [7, 11) is 0. The fourth-order valence-corrected chi connectivity index (χ4v) is 4.07. The van der Waals surface area contributed by atoms with Crippen LogP contribution >= 0.6 is 28.3 Å². The van der Waals surface area contributed by atoms with Crippen LogP contribution in [0.2, 0.25) is 0 Å². The second-order valence-electron chi connectivity index (χ2n) is 7.76. The van der Waals surface area contributed by atoms with E-state index in [0.29, 0.717) is 10.3 Å². The Kier molecular flexibility index (Phi) is 8.41. The van der Waals surface area contributed by atoms with Crippen LogP contribution in [0, 0.1) is 6.92 Å². The average Bonchev–Trinajstić information content (AvgIpc) is 2.79. The van der Waals surface area contributed by atoms with Crippen molar-refractivity contribution in [2.75, 3.05) is 47.4 Å². The van der Waals surface area contributed by atoms with Crippen molar-refractivity contribution < 1.29 is 9.94 Å². The number of benzene rings is 2. The van der Waals surface area contributed by atoms with E-state index in [-0.39, 0.29) is 30.7 Å². The van der Waals surface area contributed by atoms with E-state index in [9.17, 15) is 5.11 Å². The van der Waals surface area contributed by atoms with E-state index >= 15 is 0 Å². The molecule has 0 atom stereocenters. The monoisotopic (exact) mass is 547 g/mol. The summed E-state index contributed by atoms with van der Waals surface area (Å²) in [6.45, 7) is 5.55. The van der Waals surface area contributed by atoms with E-state index in [1.807, 2.05) is 25.1 Å². The molecule has 2 aromatic carbocycles. The summed E-state index contributed by atoms with van der Waals surface area (Å²) in [4.78, 5) is 18.2. The quantitative estimate of drug-likeness (QED) is 0.314. The molecule has 0 aliphatic carbocycles. The standard InChI is InChI=1S/C23H26BrN7O2.ClH/c1-15-21(22(25)29-23(26)28-15)31-10-8-30(9-11-31)18-5-2-16(3-6-18)13-27-33-14-17-4-7-19(24)20(32)12-17;/h2-7,12-13,32H,8-11,14H2,1H3,(H4,25,26,28,29);1H/b27-13+;. The molecule has 0 spiro atoms. The van der Waals surface area contributed by atoms with E-state index in [4.69, 9.17) is 16.3 Å². The van der Waals surface area contributed by atoms with Gasteiger partial charge in [-0.1, -0.05) is 23.4 Å². The van der Waals surface area contributed by atoms with E-state index < -0.39 is 0 Å². The van der Waals surface area contributed by atoms with Crippen molar-refractivity contribution in [2.24, 2.45) is 5.16 Å². The minimum Gasteiger partial charge on any atom is -0.507 e. The van der Waals surface area contributed by atoms with Crippen molar-refractivity contribution in [1.29, 1.82) is 0 Å². The third-order valence-corrected chi connectivity index (χ3v) is 6.15. The lowest BCUT2D eigenvalue weighted by Gasteiger charge is -2.38. The molecule has 0 unspecified atom stereocenters. The first-order valence-electron chi connectivity index (χ1n) is 10.5. The molecule has 1 saturated heterocycles. The highest BCUT2D eigenvalue weighted by atomic mass is 79.9. The van der Waals surface area contributed by atoms with Crippen molar-refractivity contribution in [3.63, 3.8) is 0 Å². The first-order chi connectivity index (χ1) is 15.9. The maximum Gasteiger partial charge on any atom is 0.222 e. The van der Waals surface area contributed by atoms with E-state index in [1.165, 1.54) is 0 Å². The van der Waals surface area contributed by atoms with Crippen molar-refractivity contribution >= 4 is 57.7 Å². The zero-order valence-corrected chi connectivity index (χ0v) is 21.1. The molecule has 1 aliphatic rings. The van der Waals surface area contributed by atoms with Crippen LogP contribution in [0.4, 0.5) is 23.1 Å². The molecule has 9 nitrogen and oxygen atoms in total. The lowest BCUT2D eigenvalue weighted by molar-refractivity contribution is 0.132. The Balaban J connectivity index is 0.00000324. The number of phenolic OH excluding ortho intramolecular Hbond substituents is 1. The molecule has 34 heavy (non-hydrogen) atoms. The SMILES string of the molecule is Cc1nc(N)nc(N)c1N1CCN(c2ccc(/C=N/OCc3ccc(Br)c(O)c3)cc2)CC1.Cl. The molecule has 0 bridgehead atoms. The van der Waals surface area contributed by atoms with Crippen molar-refractivity contribution in [1.82, 2.24) is 9.97 Å². The summed E-state index contributed by atoms with van der Waals surface area (Å²) in [6, 6.07) is 13.5. The number of piperazine rings is 1. The number of phenols is 1. The maximum absolute atomic E-state index is 9.71. The normalized spacial score (nSPS) is 13.7. The van der Waals surface area contributed by atoms with Gasteiger partial charge in [-0.15, -0.1) is 12.4 Å². The molecule has 2 heterocycles. The number of oxime groups is 1. The van der Waals surface area contributed by atoms with Crippen LogP contribution in [0.5, 0.6) is 5.75 Å². The van der Waals surface area contributed by atoms with Crippen molar-refractivity contribution in [3.8, 4) is 5.75 Å². The molecular weight excluding hydrogens is 522 g/mol. The topological polar surface area (TPSA) is 126 Å². The van der Waals surface area contributed by atoms with Crippen molar-refractivity contribution in [3.05, 3.63) is 63.8 Å². The number of nitrogen functional groups attached to an aromatic ring is 2. The van der Waals surface area contributed by atoms with Gasteiger partial charge in [0.15, 0.2) is 5.82 Å². The molecule has 0 saturated carbocycles. The number of nitrogens with zero attached hydrogens (tertiary/aromatic N) is 5. The lowest BCUT2D eigenvalue weighted by atomic mass is 10.2. The predicted molar refractivity (Wildman–Crippen MR) is 142 cm³/mol. The highest BCUT2D eigenvalue weighted by Crippen LogP contribution is 2.28. The van der Waals surface area contributed by atoms with Gasteiger partial charge in [0.1, 0.15) is 18.0 Å². The number of hydrogen-bond acceptors (Lipinski definition) is 9. The number of hydrogen-bond donors (Lipinski definition) is 3. The molecule has 1 fully saturated rings. The molecule has 3 aromatic rings. The van der Waals surface area contributed by atoms with Crippen LogP contribution in [-0.4, -0.2) is 47.5 Å². The zero-order valence-electron chi connectivity index (χ0n) is 18.7. The van der Waals surface area contributed by atoms with Crippen LogP contribution < -0.4 is 21.3 Å². The van der Waals surface area contributed by atoms with Gasteiger partial charge in [0.2, 0.25) is 5.95 Å². The second kappa shape index (κ2) is 11.3. The van der Waals surface area contributed by atoms with Gasteiger partial charge in [-0.05, 0) is 58.2 Å². The number of anilines is 4. The van der Waals surface area contributed by atoms with E-state index in [1.54, 1.807) is 18.3 Å². The summed E-state index contributed by atoms with van der Waals surface area (Å²) >= 11 is 3.26. The summed E-state index contributed by atoms with van der Waals surface area (Å²) in [5.41, 5.74) is 16.4. The average molecular weight is 549 g/mol. The van der Waals surface area contributed by atoms with Gasteiger partial charge in [-0.2, -0.15) is 4.98 Å². The van der Waals surface area contributed by atoms with Crippen LogP contribution in [0.3, 0.4) is 0 Å². The third-order valence-electron chi connectivity index (χ3n) is 5.47. The van der Waals surface area contributed by atoms with Gasteiger partial charge in [0.25, 0.3) is 0 Å². The summed E-state index contributed by atoms with van der Waals surface area (Å²) in [6.07, 6.45) is 1.67. The maximum atomic E-state index is 9.71. The Morgan fingerprint density at radius 3 is 2.38 bits per heavy atom. The van der Waals surface area contributed by atoms with Gasteiger partial charge in [-0.3, -0.25) is 0 Å². The van der Waals surface area contributed by atoms with Gasteiger partial charge in [0.05, 0.1) is 16.4 Å². The number of aromatic hydroxyl groups is 1. The van der Waals surface area contributed by atoms with Gasteiger partial charge >= 0.3 is 0 Å². The van der Waals surface area contributed by atoms with Crippen LogP contribution in [0.1, 0.15) is 16.8 Å². The number of rotatable bonds is 6. The molecule has 5 N–H and O–H groups in total. The Morgan fingerprint density at radius 2 is 1.74 bits per heavy atom. The minimum atomic E-state index is 0. The van der Waals surface area contributed by atoms with Crippen molar-refractivity contribution in [2.45, 2.75) is 13.5 Å². The first-order valence-corrected chi connectivity index (χ1v) is 11.3. The number of nitrogens with two attached hydrogens (primary N) is 2. The molecular formula is C23H27BrClN7O2. The van der Waals surface area contributed by atoms with E-state index in [0.717, 1.165) is 54.4 Å². The summed E-state index contributed by atoms with van der Waals surface area (Å²) in [5.74, 6) is 0.808. The number of aryl methyl sites for hydroxylation is 1. The van der Waals surface area contributed by atoms with Crippen LogP contribution in [0.25, 0.3) is 0 Å². The van der Waals surface area contributed by atoms with Gasteiger partial charge in [-0.25, -0.2) is 4.98 Å². The summed E-state index contributed by atoms with van der Waals surface area (Å²) < 4.78 is 0.648. The first kappa shape index (κ1) is 25.4. The smallest absolute Gasteiger partial charge is 0.222 e. The Morgan fingerprint density at radius 1 is 1.06 bits per heavy atom. The Bertz CT molecular complexity index is 1130. The van der Waals surface area contributed by atoms with Gasteiger partial charge in [0, 0.05) is 31.9 Å². The predicted octanol–water partition coefficient (Wildman–Crippen LogP) is 3.72. The fourth-order valence-electron chi connectivity index (χ4n) is 3.82. The lowest BCUT2D eigenvalue weighted by Crippen LogP contribution is -2.47. The Hall–Kier alpha value is -3.24. The second-order valence-corrected chi connectivity index (χ2v) is 8.61. The molecule has 1 aromatic heterocycles. The van der Waals surface area contributed by atoms with Crippen LogP contribution in [0.15, 0.2) is 52.1 Å². The molecule has 0 radical (unpaired) electrons. The minimum absolute atomic E-state index is 0. The molecule has 1 aliphatic heterocycles. The highest BCUT2D eigenvalue weighted by Gasteiger charge is 2.22. The molecule has 180 valence electrons. The number of aromatic nitrogens is 2. The molecule has 0 amide bonds. The molecule has 11 heteroatoms. The zero-order chi connectivity index (χ0) is 23.4.